The molecule has 1 aromatic heterocycles. The lowest BCUT2D eigenvalue weighted by atomic mass is 10.0. The van der Waals surface area contributed by atoms with Crippen LogP contribution < -0.4 is 11.1 Å². The highest BCUT2D eigenvalue weighted by atomic mass is 16.5. The van der Waals surface area contributed by atoms with Gasteiger partial charge in [-0.15, -0.1) is 0 Å². The summed E-state index contributed by atoms with van der Waals surface area (Å²) in [5.41, 5.74) is 6.52. The van der Waals surface area contributed by atoms with Gasteiger partial charge in [-0.05, 0) is 30.9 Å². The fourth-order valence-electron chi connectivity index (χ4n) is 1.85. The SMILES string of the molecule is Nc1ccnc(C(=O)NCC2CCOCC2)c1. The van der Waals surface area contributed by atoms with Crippen molar-refractivity contribution in [1.29, 1.82) is 0 Å². The molecular formula is C12H17N3O2. The van der Waals surface area contributed by atoms with Gasteiger partial charge in [0.05, 0.1) is 0 Å². The van der Waals surface area contributed by atoms with Crippen molar-refractivity contribution in [2.75, 3.05) is 25.5 Å². The highest BCUT2D eigenvalue weighted by Crippen LogP contribution is 2.13. The van der Waals surface area contributed by atoms with Crippen LogP contribution in [0.3, 0.4) is 0 Å². The largest absolute Gasteiger partial charge is 0.399 e. The van der Waals surface area contributed by atoms with Gasteiger partial charge in [-0.3, -0.25) is 9.78 Å². The molecule has 1 aliphatic rings. The molecule has 1 aliphatic heterocycles. The number of pyridine rings is 1. The number of carbonyl (C=O) groups excluding carboxylic acids is 1. The van der Waals surface area contributed by atoms with Crippen LogP contribution in [0.1, 0.15) is 23.3 Å². The van der Waals surface area contributed by atoms with Gasteiger partial charge in [0.1, 0.15) is 5.69 Å². The third-order valence-electron chi connectivity index (χ3n) is 2.91. The van der Waals surface area contributed by atoms with Crippen LogP contribution in [0, 0.1) is 5.92 Å². The molecule has 3 N–H and O–H groups in total. The van der Waals surface area contributed by atoms with Crippen molar-refractivity contribution in [3.05, 3.63) is 24.0 Å². The van der Waals surface area contributed by atoms with E-state index in [-0.39, 0.29) is 5.91 Å². The van der Waals surface area contributed by atoms with Crippen LogP contribution in [0.15, 0.2) is 18.3 Å². The molecule has 92 valence electrons. The molecule has 1 aromatic rings. The van der Waals surface area contributed by atoms with Crippen LogP contribution >= 0.6 is 0 Å². The lowest BCUT2D eigenvalue weighted by molar-refractivity contribution is 0.0642. The second-order valence-corrected chi connectivity index (χ2v) is 4.24. The first kappa shape index (κ1) is 11.9. The summed E-state index contributed by atoms with van der Waals surface area (Å²) in [5.74, 6) is 0.345. The van der Waals surface area contributed by atoms with Gasteiger partial charge in [-0.1, -0.05) is 0 Å². The van der Waals surface area contributed by atoms with Gasteiger partial charge in [-0.25, -0.2) is 0 Å². The quantitative estimate of drug-likeness (QED) is 0.813. The van der Waals surface area contributed by atoms with Crippen molar-refractivity contribution < 1.29 is 9.53 Å². The number of hydrogen-bond acceptors (Lipinski definition) is 4. The molecule has 1 fully saturated rings. The minimum Gasteiger partial charge on any atom is -0.399 e. The zero-order valence-electron chi connectivity index (χ0n) is 9.69. The molecule has 0 atom stereocenters. The van der Waals surface area contributed by atoms with Gasteiger partial charge in [0.2, 0.25) is 0 Å². The van der Waals surface area contributed by atoms with E-state index in [2.05, 4.69) is 10.3 Å². The van der Waals surface area contributed by atoms with E-state index < -0.39 is 0 Å². The van der Waals surface area contributed by atoms with Crippen molar-refractivity contribution in [2.24, 2.45) is 5.92 Å². The maximum absolute atomic E-state index is 11.8. The molecule has 0 bridgehead atoms. The number of nitrogens with zero attached hydrogens (tertiary/aromatic N) is 1. The van der Waals surface area contributed by atoms with E-state index in [0.717, 1.165) is 26.1 Å². The number of anilines is 1. The summed E-state index contributed by atoms with van der Waals surface area (Å²) in [5, 5.41) is 2.88. The predicted octanol–water partition coefficient (Wildman–Crippen LogP) is 0.820. The molecule has 0 unspecified atom stereocenters. The van der Waals surface area contributed by atoms with Crippen LogP contribution in [0.4, 0.5) is 5.69 Å². The zero-order chi connectivity index (χ0) is 12.1. The smallest absolute Gasteiger partial charge is 0.269 e. The number of rotatable bonds is 3. The lowest BCUT2D eigenvalue weighted by Gasteiger charge is -2.22. The second-order valence-electron chi connectivity index (χ2n) is 4.24. The minimum atomic E-state index is -0.163. The number of ether oxygens (including phenoxy) is 1. The number of nitrogens with one attached hydrogen (secondary N) is 1. The van der Waals surface area contributed by atoms with E-state index in [9.17, 15) is 4.79 Å². The molecule has 5 heteroatoms. The normalized spacial score (nSPS) is 16.7. The number of amides is 1. The topological polar surface area (TPSA) is 77.2 Å². The molecule has 0 radical (unpaired) electrons. The average Bonchev–Trinajstić information content (AvgIpc) is 2.37. The zero-order valence-corrected chi connectivity index (χ0v) is 9.69. The number of carbonyl (C=O) groups is 1. The van der Waals surface area contributed by atoms with E-state index in [1.165, 1.54) is 0 Å². The Hall–Kier alpha value is -1.62. The van der Waals surface area contributed by atoms with Crippen molar-refractivity contribution >= 4 is 11.6 Å². The maximum Gasteiger partial charge on any atom is 0.269 e. The third kappa shape index (κ3) is 3.42. The van der Waals surface area contributed by atoms with Crippen LogP contribution in [0.5, 0.6) is 0 Å². The van der Waals surface area contributed by atoms with Gasteiger partial charge in [0.15, 0.2) is 0 Å². The van der Waals surface area contributed by atoms with Crippen LogP contribution in [0.2, 0.25) is 0 Å². The van der Waals surface area contributed by atoms with Gasteiger partial charge in [0, 0.05) is 31.6 Å². The first-order valence-electron chi connectivity index (χ1n) is 5.83. The van der Waals surface area contributed by atoms with E-state index in [1.807, 2.05) is 0 Å². The van der Waals surface area contributed by atoms with E-state index >= 15 is 0 Å². The van der Waals surface area contributed by atoms with Gasteiger partial charge < -0.3 is 15.8 Å². The summed E-state index contributed by atoms with van der Waals surface area (Å²) in [6.07, 6.45) is 3.55. The van der Waals surface area contributed by atoms with Crippen LogP contribution in [-0.2, 0) is 4.74 Å². The Balaban J connectivity index is 1.84. The van der Waals surface area contributed by atoms with Gasteiger partial charge >= 0.3 is 0 Å². The minimum absolute atomic E-state index is 0.163. The van der Waals surface area contributed by atoms with E-state index in [0.29, 0.717) is 23.8 Å². The maximum atomic E-state index is 11.8. The summed E-state index contributed by atoms with van der Waals surface area (Å²) in [7, 11) is 0. The Morgan fingerprint density at radius 3 is 3.00 bits per heavy atom. The summed E-state index contributed by atoms with van der Waals surface area (Å²) in [6, 6.07) is 3.24. The number of nitrogens with two attached hydrogens (primary N) is 1. The molecule has 2 rings (SSSR count). The highest BCUT2D eigenvalue weighted by molar-refractivity contribution is 5.92. The molecule has 0 spiro atoms. The molecule has 2 heterocycles. The summed E-state index contributed by atoms with van der Waals surface area (Å²) in [4.78, 5) is 15.8. The van der Waals surface area contributed by atoms with E-state index in [1.54, 1.807) is 18.3 Å². The molecule has 0 aliphatic carbocycles. The van der Waals surface area contributed by atoms with Crippen molar-refractivity contribution in [3.63, 3.8) is 0 Å². The number of nitrogen functional groups attached to an aromatic ring is 1. The molecular weight excluding hydrogens is 218 g/mol. The van der Waals surface area contributed by atoms with Crippen LogP contribution in [-0.4, -0.2) is 30.6 Å². The Morgan fingerprint density at radius 1 is 1.53 bits per heavy atom. The van der Waals surface area contributed by atoms with E-state index in [4.69, 9.17) is 10.5 Å². The molecule has 0 saturated carbocycles. The summed E-state index contributed by atoms with van der Waals surface area (Å²) >= 11 is 0. The third-order valence-corrected chi connectivity index (χ3v) is 2.91. The molecule has 5 nitrogen and oxygen atoms in total. The Morgan fingerprint density at radius 2 is 2.29 bits per heavy atom. The number of hydrogen-bond donors (Lipinski definition) is 2. The highest BCUT2D eigenvalue weighted by Gasteiger charge is 2.15. The molecule has 1 saturated heterocycles. The van der Waals surface area contributed by atoms with Gasteiger partial charge in [0.25, 0.3) is 5.91 Å². The Kier molecular flexibility index (Phi) is 3.93. The second kappa shape index (κ2) is 5.63. The predicted molar refractivity (Wildman–Crippen MR) is 64.5 cm³/mol. The molecule has 17 heavy (non-hydrogen) atoms. The first-order valence-corrected chi connectivity index (χ1v) is 5.83. The fraction of sp³-hybridized carbons (Fsp3) is 0.500. The lowest BCUT2D eigenvalue weighted by Crippen LogP contribution is -2.32. The summed E-state index contributed by atoms with van der Waals surface area (Å²) < 4.78 is 5.27. The fourth-order valence-corrected chi connectivity index (χ4v) is 1.85. The Bertz CT molecular complexity index is 389. The first-order chi connectivity index (χ1) is 8.25. The van der Waals surface area contributed by atoms with Crippen molar-refractivity contribution in [3.8, 4) is 0 Å². The monoisotopic (exact) mass is 235 g/mol. The molecule has 1 amide bonds. The number of aromatic nitrogens is 1. The van der Waals surface area contributed by atoms with Crippen molar-refractivity contribution in [2.45, 2.75) is 12.8 Å². The standard InChI is InChI=1S/C12H17N3O2/c13-10-1-4-14-11(7-10)12(16)15-8-9-2-5-17-6-3-9/h1,4,7,9H,2-3,5-6,8H2,(H2,13,14)(H,15,16). The van der Waals surface area contributed by atoms with Gasteiger partial charge in [-0.2, -0.15) is 0 Å². The van der Waals surface area contributed by atoms with Crippen molar-refractivity contribution in [1.82, 2.24) is 10.3 Å². The Labute approximate surface area is 100 Å². The summed E-state index contributed by atoms with van der Waals surface area (Å²) in [6.45, 7) is 2.26. The average molecular weight is 235 g/mol. The molecule has 0 aromatic carbocycles. The van der Waals surface area contributed by atoms with Crippen LogP contribution in [0.25, 0.3) is 0 Å².